The van der Waals surface area contributed by atoms with Gasteiger partial charge in [-0.3, -0.25) is 0 Å². The number of halogens is 2. The Morgan fingerprint density at radius 2 is 1.46 bits per heavy atom. The highest BCUT2D eigenvalue weighted by Crippen LogP contribution is 2.46. The SMILES string of the molecule is COC(=O)COc1c2ccc(Cl)cc2c(OCC(=O)OC)c2c(Cl)cccc12. The van der Waals surface area contributed by atoms with E-state index in [0.717, 1.165) is 0 Å². The summed E-state index contributed by atoms with van der Waals surface area (Å²) in [5.41, 5.74) is 0. The van der Waals surface area contributed by atoms with Crippen LogP contribution in [0.15, 0.2) is 36.4 Å². The summed E-state index contributed by atoms with van der Waals surface area (Å²) >= 11 is 12.6. The molecule has 0 fully saturated rings. The van der Waals surface area contributed by atoms with E-state index in [1.807, 2.05) is 0 Å². The molecule has 8 heteroatoms. The van der Waals surface area contributed by atoms with E-state index in [0.29, 0.717) is 43.1 Å². The molecule has 0 bridgehead atoms. The lowest BCUT2D eigenvalue weighted by molar-refractivity contribution is -0.143. The van der Waals surface area contributed by atoms with E-state index in [4.69, 9.17) is 32.7 Å². The van der Waals surface area contributed by atoms with Crippen molar-refractivity contribution in [3.63, 3.8) is 0 Å². The molecule has 0 aliphatic carbocycles. The Labute approximate surface area is 170 Å². The van der Waals surface area contributed by atoms with Gasteiger partial charge in [-0.1, -0.05) is 35.3 Å². The number of carbonyl (C=O) groups is 2. The van der Waals surface area contributed by atoms with Crippen LogP contribution in [0.2, 0.25) is 10.0 Å². The molecule has 0 atom stereocenters. The Morgan fingerprint density at radius 3 is 2.11 bits per heavy atom. The Morgan fingerprint density at radius 1 is 0.821 bits per heavy atom. The molecular formula is C20H16Cl2O6. The Balaban J connectivity index is 2.29. The molecule has 6 nitrogen and oxygen atoms in total. The van der Waals surface area contributed by atoms with Crippen LogP contribution in [0.3, 0.4) is 0 Å². The Hall–Kier alpha value is -2.70. The number of carbonyl (C=O) groups excluding carboxylic acids is 2. The molecule has 0 saturated heterocycles. The van der Waals surface area contributed by atoms with Gasteiger partial charge in [-0.15, -0.1) is 0 Å². The number of fused-ring (bicyclic) bond motifs is 2. The fourth-order valence-electron chi connectivity index (χ4n) is 2.81. The van der Waals surface area contributed by atoms with Crippen LogP contribution >= 0.6 is 23.2 Å². The standard InChI is InChI=1S/C20H16Cl2O6/c1-25-16(23)9-27-19-12-7-6-11(21)8-14(12)20(28-10-17(24)26-2)18-13(19)4-3-5-15(18)22/h3-8H,9-10H2,1-2H3. The average molecular weight is 423 g/mol. The normalized spacial score (nSPS) is 10.7. The molecule has 0 saturated carbocycles. The fraction of sp³-hybridized carbons (Fsp3) is 0.200. The predicted molar refractivity (Wildman–Crippen MR) is 106 cm³/mol. The fourth-order valence-corrected chi connectivity index (χ4v) is 3.24. The molecule has 3 aromatic rings. The molecule has 28 heavy (non-hydrogen) atoms. The monoisotopic (exact) mass is 422 g/mol. The molecule has 146 valence electrons. The van der Waals surface area contributed by atoms with E-state index in [2.05, 4.69) is 9.47 Å². The van der Waals surface area contributed by atoms with Gasteiger partial charge in [-0.25, -0.2) is 9.59 Å². The van der Waals surface area contributed by atoms with Gasteiger partial charge < -0.3 is 18.9 Å². The largest absolute Gasteiger partial charge is 0.481 e. The van der Waals surface area contributed by atoms with Crippen molar-refractivity contribution in [1.82, 2.24) is 0 Å². The molecule has 3 aromatic carbocycles. The highest BCUT2D eigenvalue weighted by Gasteiger charge is 2.20. The molecule has 0 radical (unpaired) electrons. The minimum Gasteiger partial charge on any atom is -0.481 e. The zero-order valence-electron chi connectivity index (χ0n) is 15.1. The molecule has 0 spiro atoms. The average Bonchev–Trinajstić information content (AvgIpc) is 2.70. The van der Waals surface area contributed by atoms with Gasteiger partial charge in [0, 0.05) is 26.6 Å². The van der Waals surface area contributed by atoms with E-state index >= 15 is 0 Å². The third-order valence-corrected chi connectivity index (χ3v) is 4.63. The van der Waals surface area contributed by atoms with E-state index in [1.165, 1.54) is 14.2 Å². The minimum absolute atomic E-state index is 0.280. The van der Waals surface area contributed by atoms with Gasteiger partial charge in [-0.2, -0.15) is 0 Å². The van der Waals surface area contributed by atoms with Crippen LogP contribution in [0.1, 0.15) is 0 Å². The van der Waals surface area contributed by atoms with Gasteiger partial charge >= 0.3 is 11.9 Å². The van der Waals surface area contributed by atoms with Crippen molar-refractivity contribution < 1.29 is 28.5 Å². The predicted octanol–water partition coefficient (Wildman–Crippen LogP) is 4.40. The van der Waals surface area contributed by atoms with Crippen molar-refractivity contribution in [2.75, 3.05) is 27.4 Å². The van der Waals surface area contributed by atoms with E-state index in [1.54, 1.807) is 36.4 Å². The third kappa shape index (κ3) is 3.93. The van der Waals surface area contributed by atoms with Gasteiger partial charge in [0.15, 0.2) is 13.2 Å². The number of hydrogen-bond acceptors (Lipinski definition) is 6. The summed E-state index contributed by atoms with van der Waals surface area (Å²) in [5, 5.41) is 3.22. The smallest absolute Gasteiger partial charge is 0.343 e. The van der Waals surface area contributed by atoms with Crippen molar-refractivity contribution in [1.29, 1.82) is 0 Å². The van der Waals surface area contributed by atoms with Gasteiger partial charge in [-0.05, 0) is 24.3 Å². The Bertz CT molecular complexity index is 1060. The molecule has 0 amide bonds. The van der Waals surface area contributed by atoms with Crippen molar-refractivity contribution >= 4 is 56.7 Å². The van der Waals surface area contributed by atoms with Gasteiger partial charge in [0.25, 0.3) is 0 Å². The van der Waals surface area contributed by atoms with Crippen LogP contribution in [0.4, 0.5) is 0 Å². The van der Waals surface area contributed by atoms with Crippen LogP contribution < -0.4 is 9.47 Å². The molecule has 0 heterocycles. The summed E-state index contributed by atoms with van der Waals surface area (Å²) in [5.74, 6) is -0.265. The van der Waals surface area contributed by atoms with Crippen molar-refractivity contribution in [3.05, 3.63) is 46.4 Å². The van der Waals surface area contributed by atoms with Gasteiger partial charge in [0.05, 0.1) is 19.2 Å². The lowest BCUT2D eigenvalue weighted by Crippen LogP contribution is -2.14. The van der Waals surface area contributed by atoms with E-state index < -0.39 is 11.9 Å². The second kappa shape index (κ2) is 8.54. The molecule has 0 unspecified atom stereocenters. The first-order valence-corrected chi connectivity index (χ1v) is 8.94. The molecule has 3 rings (SSSR count). The summed E-state index contributed by atoms with van der Waals surface area (Å²) in [6, 6.07) is 10.3. The summed E-state index contributed by atoms with van der Waals surface area (Å²) in [7, 11) is 2.55. The Kier molecular flexibility index (Phi) is 6.11. The number of benzene rings is 3. The number of esters is 2. The molecular weight excluding hydrogens is 407 g/mol. The summed E-state index contributed by atoms with van der Waals surface area (Å²) < 4.78 is 20.8. The zero-order chi connectivity index (χ0) is 20.3. The van der Waals surface area contributed by atoms with Crippen molar-refractivity contribution in [2.24, 2.45) is 0 Å². The number of ether oxygens (including phenoxy) is 4. The maximum atomic E-state index is 11.6. The lowest BCUT2D eigenvalue weighted by Gasteiger charge is -2.18. The topological polar surface area (TPSA) is 71.1 Å². The second-order valence-corrected chi connectivity index (χ2v) is 6.58. The van der Waals surface area contributed by atoms with Crippen LogP contribution in [-0.2, 0) is 19.1 Å². The van der Waals surface area contributed by atoms with Crippen LogP contribution in [0.5, 0.6) is 11.5 Å². The number of methoxy groups -OCH3 is 2. The van der Waals surface area contributed by atoms with Crippen molar-refractivity contribution in [3.8, 4) is 11.5 Å². The highest BCUT2D eigenvalue weighted by atomic mass is 35.5. The summed E-state index contributed by atoms with van der Waals surface area (Å²) in [6.45, 7) is -0.584. The number of hydrogen-bond donors (Lipinski definition) is 0. The number of rotatable bonds is 6. The summed E-state index contributed by atoms with van der Waals surface area (Å²) in [6.07, 6.45) is 0. The minimum atomic E-state index is -0.540. The molecule has 0 aliphatic rings. The maximum absolute atomic E-state index is 11.6. The second-order valence-electron chi connectivity index (χ2n) is 5.74. The highest BCUT2D eigenvalue weighted by molar-refractivity contribution is 6.37. The van der Waals surface area contributed by atoms with Crippen LogP contribution in [0.25, 0.3) is 21.5 Å². The third-order valence-electron chi connectivity index (χ3n) is 4.08. The van der Waals surface area contributed by atoms with Gasteiger partial charge in [0.2, 0.25) is 0 Å². The van der Waals surface area contributed by atoms with Crippen LogP contribution in [0, 0.1) is 0 Å². The van der Waals surface area contributed by atoms with E-state index in [9.17, 15) is 9.59 Å². The molecule has 0 N–H and O–H groups in total. The first-order chi connectivity index (χ1) is 13.5. The molecule has 0 aliphatic heterocycles. The lowest BCUT2D eigenvalue weighted by atomic mass is 10.0. The zero-order valence-corrected chi connectivity index (χ0v) is 16.6. The first-order valence-electron chi connectivity index (χ1n) is 8.19. The summed E-state index contributed by atoms with van der Waals surface area (Å²) in [4.78, 5) is 23.2. The van der Waals surface area contributed by atoms with Gasteiger partial charge in [0.1, 0.15) is 11.5 Å². The first kappa shape index (κ1) is 20.0. The van der Waals surface area contributed by atoms with Crippen LogP contribution in [-0.4, -0.2) is 39.4 Å². The maximum Gasteiger partial charge on any atom is 0.343 e. The molecule has 0 aromatic heterocycles. The quantitative estimate of drug-likeness (QED) is 0.432. The van der Waals surface area contributed by atoms with Crippen molar-refractivity contribution in [2.45, 2.75) is 0 Å². The van der Waals surface area contributed by atoms with E-state index in [-0.39, 0.29) is 13.2 Å².